The molecule has 1 N–H and O–H groups in total. The van der Waals surface area contributed by atoms with Crippen molar-refractivity contribution in [3.63, 3.8) is 0 Å². The first kappa shape index (κ1) is 15.8. The van der Waals surface area contributed by atoms with E-state index in [2.05, 4.69) is 58.2 Å². The summed E-state index contributed by atoms with van der Waals surface area (Å²) in [4.78, 5) is 2.63. The molecule has 20 heavy (non-hydrogen) atoms. The van der Waals surface area contributed by atoms with Crippen molar-refractivity contribution in [1.29, 1.82) is 0 Å². The van der Waals surface area contributed by atoms with Crippen molar-refractivity contribution < 1.29 is 0 Å². The van der Waals surface area contributed by atoms with Crippen LogP contribution in [0.15, 0.2) is 22.7 Å². The second-order valence-electron chi connectivity index (χ2n) is 6.29. The molecule has 1 aliphatic carbocycles. The fourth-order valence-electron chi connectivity index (χ4n) is 3.12. The van der Waals surface area contributed by atoms with E-state index < -0.39 is 0 Å². The van der Waals surface area contributed by atoms with Gasteiger partial charge in [-0.1, -0.05) is 48.7 Å². The summed E-state index contributed by atoms with van der Waals surface area (Å²) in [5.74, 6) is 0.700. The van der Waals surface area contributed by atoms with Gasteiger partial charge in [0.2, 0.25) is 0 Å². The normalized spacial score (nSPS) is 16.1. The molecule has 2 rings (SSSR count). The predicted molar refractivity (Wildman–Crippen MR) is 91.3 cm³/mol. The van der Waals surface area contributed by atoms with Crippen LogP contribution in [-0.2, 0) is 6.54 Å². The molecule has 0 spiro atoms. The lowest BCUT2D eigenvalue weighted by Crippen LogP contribution is -2.36. The number of hydrogen-bond donors (Lipinski definition) is 1. The molecule has 1 aromatic carbocycles. The van der Waals surface area contributed by atoms with Crippen LogP contribution < -0.4 is 10.2 Å². The van der Waals surface area contributed by atoms with Crippen molar-refractivity contribution >= 4 is 21.6 Å². The van der Waals surface area contributed by atoms with Crippen LogP contribution in [0.25, 0.3) is 0 Å². The van der Waals surface area contributed by atoms with Gasteiger partial charge in [0.25, 0.3) is 0 Å². The Labute approximate surface area is 132 Å². The number of nitrogens with zero attached hydrogens (tertiary/aromatic N) is 1. The number of halogens is 1. The van der Waals surface area contributed by atoms with Gasteiger partial charge in [0.05, 0.1) is 0 Å². The van der Waals surface area contributed by atoms with Crippen molar-refractivity contribution in [2.75, 3.05) is 18.5 Å². The number of nitrogens with one attached hydrogen (secondary N) is 1. The smallest absolute Gasteiger partial charge is 0.0380 e. The maximum Gasteiger partial charge on any atom is 0.0380 e. The van der Waals surface area contributed by atoms with Crippen molar-refractivity contribution in [3.05, 3.63) is 28.2 Å². The lowest BCUT2D eigenvalue weighted by atomic mass is 10.1. The lowest BCUT2D eigenvalue weighted by Gasteiger charge is -2.33. The summed E-state index contributed by atoms with van der Waals surface area (Å²) in [6.07, 6.45) is 5.47. The van der Waals surface area contributed by atoms with E-state index in [1.54, 1.807) is 0 Å². The largest absolute Gasteiger partial charge is 0.368 e. The van der Waals surface area contributed by atoms with Gasteiger partial charge in [0.15, 0.2) is 0 Å². The molecule has 1 saturated carbocycles. The molecule has 0 amide bonds. The van der Waals surface area contributed by atoms with Crippen LogP contribution in [0.2, 0.25) is 0 Å². The maximum absolute atomic E-state index is 3.72. The Morgan fingerprint density at radius 1 is 1.30 bits per heavy atom. The van der Waals surface area contributed by atoms with E-state index in [-0.39, 0.29) is 0 Å². The van der Waals surface area contributed by atoms with Gasteiger partial charge in [-0.15, -0.1) is 0 Å². The average molecular weight is 339 g/mol. The lowest BCUT2D eigenvalue weighted by molar-refractivity contribution is 0.536. The van der Waals surface area contributed by atoms with Crippen molar-refractivity contribution in [2.24, 2.45) is 5.92 Å². The quantitative estimate of drug-likeness (QED) is 0.816. The standard InChI is InChI=1S/C17H27BrN2/c1-13(2)12-20(15-6-4-5-7-15)16-9-8-14(11-19-3)17(18)10-16/h8-10,13,15,19H,4-7,11-12H2,1-3H3. The van der Waals surface area contributed by atoms with Gasteiger partial charge in [0.1, 0.15) is 0 Å². The van der Waals surface area contributed by atoms with E-state index in [0.29, 0.717) is 5.92 Å². The molecular weight excluding hydrogens is 312 g/mol. The van der Waals surface area contributed by atoms with Crippen LogP contribution in [0.5, 0.6) is 0 Å². The zero-order valence-corrected chi connectivity index (χ0v) is 14.5. The number of rotatable bonds is 6. The summed E-state index contributed by atoms with van der Waals surface area (Å²) in [7, 11) is 1.99. The number of hydrogen-bond acceptors (Lipinski definition) is 2. The van der Waals surface area contributed by atoms with Gasteiger partial charge in [-0.2, -0.15) is 0 Å². The van der Waals surface area contributed by atoms with Gasteiger partial charge < -0.3 is 10.2 Å². The topological polar surface area (TPSA) is 15.3 Å². The molecule has 112 valence electrons. The zero-order chi connectivity index (χ0) is 14.5. The highest BCUT2D eigenvalue weighted by Crippen LogP contribution is 2.31. The van der Waals surface area contributed by atoms with E-state index >= 15 is 0 Å². The summed E-state index contributed by atoms with van der Waals surface area (Å²) >= 11 is 3.72. The maximum atomic E-state index is 3.72. The van der Waals surface area contributed by atoms with E-state index in [0.717, 1.165) is 19.1 Å². The highest BCUT2D eigenvalue weighted by Gasteiger charge is 2.23. The Bertz CT molecular complexity index is 425. The van der Waals surface area contributed by atoms with Gasteiger partial charge in [0, 0.05) is 29.3 Å². The fraction of sp³-hybridized carbons (Fsp3) is 0.647. The van der Waals surface area contributed by atoms with E-state index in [4.69, 9.17) is 0 Å². The van der Waals surface area contributed by atoms with Crippen LogP contribution in [0.4, 0.5) is 5.69 Å². The van der Waals surface area contributed by atoms with Crippen LogP contribution >= 0.6 is 15.9 Å². The second kappa shape index (κ2) is 7.46. The van der Waals surface area contributed by atoms with Gasteiger partial charge >= 0.3 is 0 Å². The van der Waals surface area contributed by atoms with Crippen LogP contribution in [0.1, 0.15) is 45.1 Å². The summed E-state index contributed by atoms with van der Waals surface area (Å²) in [5, 5.41) is 3.22. The monoisotopic (exact) mass is 338 g/mol. The zero-order valence-electron chi connectivity index (χ0n) is 13.0. The van der Waals surface area contributed by atoms with Gasteiger partial charge in [-0.3, -0.25) is 0 Å². The minimum Gasteiger partial charge on any atom is -0.368 e. The summed E-state index contributed by atoms with van der Waals surface area (Å²) in [6.45, 7) is 6.69. The SMILES string of the molecule is CNCc1ccc(N(CC(C)C)C2CCCC2)cc1Br. The highest BCUT2D eigenvalue weighted by molar-refractivity contribution is 9.10. The molecule has 3 heteroatoms. The van der Waals surface area contributed by atoms with Crippen molar-refractivity contribution in [2.45, 2.75) is 52.1 Å². The first-order valence-corrected chi connectivity index (χ1v) is 8.60. The van der Waals surface area contributed by atoms with Crippen molar-refractivity contribution in [1.82, 2.24) is 5.32 Å². The molecule has 0 unspecified atom stereocenters. The second-order valence-corrected chi connectivity index (χ2v) is 7.14. The minimum atomic E-state index is 0.700. The third kappa shape index (κ3) is 3.98. The molecule has 0 heterocycles. The molecular formula is C17H27BrN2. The molecule has 0 aromatic heterocycles. The minimum absolute atomic E-state index is 0.700. The molecule has 0 saturated heterocycles. The Balaban J connectivity index is 2.21. The first-order valence-electron chi connectivity index (χ1n) is 7.81. The summed E-state index contributed by atoms with van der Waals surface area (Å²) in [6, 6.07) is 7.57. The molecule has 2 nitrogen and oxygen atoms in total. The number of anilines is 1. The van der Waals surface area contributed by atoms with Crippen LogP contribution in [-0.4, -0.2) is 19.6 Å². The third-order valence-corrected chi connectivity index (χ3v) is 4.80. The fourth-order valence-corrected chi connectivity index (χ4v) is 3.63. The molecule has 0 aliphatic heterocycles. The Hall–Kier alpha value is -0.540. The predicted octanol–water partition coefficient (Wildman–Crippen LogP) is 4.57. The highest BCUT2D eigenvalue weighted by atomic mass is 79.9. The Morgan fingerprint density at radius 3 is 2.55 bits per heavy atom. The molecule has 0 bridgehead atoms. The van der Waals surface area contributed by atoms with Crippen LogP contribution in [0.3, 0.4) is 0 Å². The molecule has 1 aromatic rings. The Morgan fingerprint density at radius 2 is 2.00 bits per heavy atom. The van der Waals surface area contributed by atoms with Crippen LogP contribution in [0, 0.1) is 5.92 Å². The van der Waals surface area contributed by atoms with Gasteiger partial charge in [-0.25, -0.2) is 0 Å². The summed E-state index contributed by atoms with van der Waals surface area (Å²) in [5.41, 5.74) is 2.70. The van der Waals surface area contributed by atoms with E-state index in [1.807, 2.05) is 7.05 Å². The van der Waals surface area contributed by atoms with E-state index in [1.165, 1.54) is 41.4 Å². The van der Waals surface area contributed by atoms with E-state index in [9.17, 15) is 0 Å². The van der Waals surface area contributed by atoms with Crippen molar-refractivity contribution in [3.8, 4) is 0 Å². The number of benzene rings is 1. The third-order valence-electron chi connectivity index (χ3n) is 4.06. The Kier molecular flexibility index (Phi) is 5.91. The molecule has 1 aliphatic rings. The molecule has 0 radical (unpaired) electrons. The average Bonchev–Trinajstić information content (AvgIpc) is 2.92. The van der Waals surface area contributed by atoms with Gasteiger partial charge in [-0.05, 0) is 43.5 Å². The first-order chi connectivity index (χ1) is 9.61. The molecule has 1 fully saturated rings. The molecule has 0 atom stereocenters. The summed E-state index contributed by atoms with van der Waals surface area (Å²) < 4.78 is 1.22.